The van der Waals surface area contributed by atoms with Crippen molar-refractivity contribution in [2.75, 3.05) is 5.32 Å². The van der Waals surface area contributed by atoms with E-state index in [2.05, 4.69) is 25.5 Å². The Morgan fingerprint density at radius 2 is 2.03 bits per heavy atom. The predicted molar refractivity (Wildman–Crippen MR) is 105 cm³/mol. The third kappa shape index (κ3) is 3.65. The van der Waals surface area contributed by atoms with E-state index in [1.54, 1.807) is 15.8 Å². The highest BCUT2D eigenvalue weighted by Gasteiger charge is 2.35. The van der Waals surface area contributed by atoms with Crippen LogP contribution < -0.4 is 5.32 Å². The minimum absolute atomic E-state index is 0.00594. The Kier molecular flexibility index (Phi) is 4.80. The molecule has 4 rings (SSSR count). The van der Waals surface area contributed by atoms with Crippen molar-refractivity contribution in [3.05, 3.63) is 40.7 Å². The Balaban J connectivity index is 1.78. The summed E-state index contributed by atoms with van der Waals surface area (Å²) in [7, 11) is 0. The number of alkyl halides is 3. The number of halogens is 3. The van der Waals surface area contributed by atoms with E-state index in [9.17, 15) is 18.0 Å². The first-order chi connectivity index (χ1) is 14.1. The number of carbonyl (C=O) groups excluding carboxylic acids is 1. The highest BCUT2D eigenvalue weighted by atomic mass is 32.1. The molecule has 4 aromatic heterocycles. The van der Waals surface area contributed by atoms with Gasteiger partial charge < -0.3 is 0 Å². The zero-order chi connectivity index (χ0) is 21.6. The van der Waals surface area contributed by atoms with E-state index in [0.717, 1.165) is 9.75 Å². The molecule has 0 saturated heterocycles. The number of carbonyl (C=O) groups is 1. The van der Waals surface area contributed by atoms with Crippen LogP contribution in [-0.2, 0) is 6.18 Å². The van der Waals surface area contributed by atoms with E-state index < -0.39 is 23.9 Å². The number of amides is 1. The quantitative estimate of drug-likeness (QED) is 0.494. The Morgan fingerprint density at radius 1 is 1.27 bits per heavy atom. The fourth-order valence-corrected chi connectivity index (χ4v) is 3.72. The first kappa shape index (κ1) is 20.0. The van der Waals surface area contributed by atoms with Crippen molar-refractivity contribution in [1.82, 2.24) is 29.9 Å². The first-order valence-electron chi connectivity index (χ1n) is 8.89. The molecule has 0 radical (unpaired) electrons. The second kappa shape index (κ2) is 7.20. The highest BCUT2D eigenvalue weighted by Crippen LogP contribution is 2.31. The molecule has 0 aromatic carbocycles. The molecule has 0 bridgehead atoms. The number of rotatable bonds is 4. The average molecular weight is 435 g/mol. The number of hydrogen-bond donors (Lipinski definition) is 2. The molecule has 12 heteroatoms. The molecule has 0 aliphatic carbocycles. The molecule has 0 atom stereocenters. The van der Waals surface area contributed by atoms with Crippen molar-refractivity contribution in [3.8, 4) is 10.6 Å². The second-order valence-electron chi connectivity index (χ2n) is 6.85. The summed E-state index contributed by atoms with van der Waals surface area (Å²) < 4.78 is 39.9. The van der Waals surface area contributed by atoms with E-state index >= 15 is 0 Å². The number of thiophene rings is 1. The van der Waals surface area contributed by atoms with Gasteiger partial charge in [0.15, 0.2) is 5.65 Å². The Morgan fingerprint density at radius 3 is 2.63 bits per heavy atom. The lowest BCUT2D eigenvalue weighted by atomic mass is 10.1. The van der Waals surface area contributed by atoms with Crippen molar-refractivity contribution in [1.29, 1.82) is 0 Å². The van der Waals surface area contributed by atoms with Crippen LogP contribution in [0.4, 0.5) is 19.1 Å². The van der Waals surface area contributed by atoms with Gasteiger partial charge in [0.2, 0.25) is 11.8 Å². The van der Waals surface area contributed by atoms with Gasteiger partial charge in [-0.15, -0.1) is 16.4 Å². The molecule has 1 amide bonds. The molecule has 0 spiro atoms. The van der Waals surface area contributed by atoms with Crippen molar-refractivity contribution < 1.29 is 18.0 Å². The lowest BCUT2D eigenvalue weighted by molar-refractivity contribution is -0.144. The smallest absolute Gasteiger partial charge is 0.289 e. The second-order valence-corrected chi connectivity index (χ2v) is 8.13. The van der Waals surface area contributed by atoms with E-state index in [-0.39, 0.29) is 11.6 Å². The molecule has 0 aliphatic rings. The Labute approximate surface area is 172 Å². The summed E-state index contributed by atoms with van der Waals surface area (Å²) in [6.45, 7) is 5.82. The van der Waals surface area contributed by atoms with Crippen LogP contribution in [0.5, 0.6) is 0 Å². The van der Waals surface area contributed by atoms with Crippen LogP contribution in [0.3, 0.4) is 0 Å². The number of aromatic amines is 1. The zero-order valence-corrected chi connectivity index (χ0v) is 16.9. The number of aryl methyl sites for hydroxylation is 1. The molecule has 0 saturated carbocycles. The van der Waals surface area contributed by atoms with Gasteiger partial charge in [-0.05, 0) is 39.0 Å². The van der Waals surface area contributed by atoms with Crippen LogP contribution >= 0.6 is 11.3 Å². The van der Waals surface area contributed by atoms with Gasteiger partial charge in [0.1, 0.15) is 0 Å². The molecule has 30 heavy (non-hydrogen) atoms. The summed E-state index contributed by atoms with van der Waals surface area (Å²) >= 11 is 1.52. The predicted octanol–water partition coefficient (Wildman–Crippen LogP) is 4.44. The summed E-state index contributed by atoms with van der Waals surface area (Å²) in [6.07, 6.45) is -3.18. The van der Waals surface area contributed by atoms with Crippen LogP contribution in [0.2, 0.25) is 0 Å². The largest absolute Gasteiger partial charge is 0.451 e. The number of pyridine rings is 1. The molecule has 0 unspecified atom stereocenters. The Bertz CT molecular complexity index is 1240. The minimum atomic E-state index is -4.69. The third-order valence-corrected chi connectivity index (χ3v) is 5.30. The number of fused-ring (bicyclic) bond motifs is 1. The summed E-state index contributed by atoms with van der Waals surface area (Å²) in [5, 5.41) is 12.3. The molecule has 4 heterocycles. The number of hydrogen-bond acceptors (Lipinski definition) is 6. The maximum atomic E-state index is 12.9. The van der Waals surface area contributed by atoms with Gasteiger partial charge >= 0.3 is 6.18 Å². The van der Waals surface area contributed by atoms with Gasteiger partial charge in [-0.3, -0.25) is 15.2 Å². The van der Waals surface area contributed by atoms with Crippen LogP contribution in [0.15, 0.2) is 24.4 Å². The summed E-state index contributed by atoms with van der Waals surface area (Å²) in [5.74, 6) is -2.42. The number of nitrogens with zero attached hydrogens (tertiary/aromatic N) is 5. The maximum Gasteiger partial charge on any atom is 0.451 e. The summed E-state index contributed by atoms with van der Waals surface area (Å²) in [6, 6.07) is 5.43. The van der Waals surface area contributed by atoms with Gasteiger partial charge in [-0.25, -0.2) is 9.67 Å². The fourth-order valence-electron chi connectivity index (χ4n) is 2.90. The molecule has 2 N–H and O–H groups in total. The summed E-state index contributed by atoms with van der Waals surface area (Å²) in [5.41, 5.74) is 1.29. The molecular weight excluding hydrogens is 419 g/mol. The van der Waals surface area contributed by atoms with Gasteiger partial charge in [0.25, 0.3) is 5.91 Å². The van der Waals surface area contributed by atoms with Crippen molar-refractivity contribution in [3.63, 3.8) is 0 Å². The highest BCUT2D eigenvalue weighted by molar-refractivity contribution is 7.15. The third-order valence-electron chi connectivity index (χ3n) is 4.27. The van der Waals surface area contributed by atoms with Gasteiger partial charge in [-0.1, -0.05) is 0 Å². The van der Waals surface area contributed by atoms with E-state index in [1.165, 1.54) is 17.5 Å². The summed E-state index contributed by atoms with van der Waals surface area (Å²) in [4.78, 5) is 22.8. The Hall–Kier alpha value is -3.28. The molecule has 4 aromatic rings. The van der Waals surface area contributed by atoms with Gasteiger partial charge in [0.05, 0.1) is 27.7 Å². The minimum Gasteiger partial charge on any atom is -0.289 e. The molecule has 0 fully saturated rings. The van der Waals surface area contributed by atoms with Gasteiger partial charge in [0, 0.05) is 10.9 Å². The SMILES string of the molecule is Cc1ccc(-c2cc(C(=O)Nc3n[nH]c(C(F)(F)F)n3)c3cnn(C(C)C)c3n2)s1. The molecule has 8 nitrogen and oxygen atoms in total. The van der Waals surface area contributed by atoms with Crippen molar-refractivity contribution >= 4 is 34.2 Å². The van der Waals surface area contributed by atoms with Crippen molar-refractivity contribution in [2.45, 2.75) is 33.0 Å². The van der Waals surface area contributed by atoms with Gasteiger partial charge in [-0.2, -0.15) is 23.3 Å². The zero-order valence-electron chi connectivity index (χ0n) is 16.1. The maximum absolute atomic E-state index is 12.9. The monoisotopic (exact) mass is 435 g/mol. The topological polar surface area (TPSA) is 101 Å². The standard InChI is InChI=1S/C18H16F3N7OS/c1-8(2)28-14-11(7-22-28)10(6-12(23-14)13-5-4-9(3)30-13)15(29)24-17-25-16(26-27-17)18(19,20)21/h4-8H,1-3H3,(H2,24,25,26,27,29). The van der Waals surface area contributed by atoms with E-state index in [0.29, 0.717) is 16.7 Å². The lowest BCUT2D eigenvalue weighted by Gasteiger charge is -2.09. The molecular formula is C18H16F3N7OS. The molecule has 0 aliphatic heterocycles. The first-order valence-corrected chi connectivity index (χ1v) is 9.71. The van der Waals surface area contributed by atoms with Crippen LogP contribution in [0.1, 0.15) is 40.9 Å². The molecule has 156 valence electrons. The fraction of sp³-hybridized carbons (Fsp3) is 0.278. The average Bonchev–Trinajstić information content (AvgIpc) is 3.38. The van der Waals surface area contributed by atoms with E-state index in [4.69, 9.17) is 0 Å². The van der Waals surface area contributed by atoms with Crippen molar-refractivity contribution in [2.24, 2.45) is 0 Å². The number of aromatic nitrogens is 6. The van der Waals surface area contributed by atoms with Crippen LogP contribution in [0, 0.1) is 6.92 Å². The number of nitrogens with one attached hydrogen (secondary N) is 2. The lowest BCUT2D eigenvalue weighted by Crippen LogP contribution is -2.15. The van der Waals surface area contributed by atoms with Crippen LogP contribution in [0.25, 0.3) is 21.6 Å². The number of anilines is 1. The van der Waals surface area contributed by atoms with E-state index in [1.807, 2.05) is 32.9 Å². The normalized spacial score (nSPS) is 12.1. The van der Waals surface area contributed by atoms with Crippen LogP contribution in [-0.4, -0.2) is 35.9 Å². The number of H-pyrrole nitrogens is 1.